The van der Waals surface area contributed by atoms with Crippen LogP contribution in [0.4, 0.5) is 24.8 Å². The van der Waals surface area contributed by atoms with Crippen LogP contribution >= 0.6 is 0 Å². The number of benzene rings is 2. The smallest absolute Gasteiger partial charge is 0.266 e. The Balaban J connectivity index is 1.42. The Bertz CT molecular complexity index is 1350. The Morgan fingerprint density at radius 3 is 2.50 bits per heavy atom. The number of halogens is 3. The van der Waals surface area contributed by atoms with Gasteiger partial charge in [-0.2, -0.15) is 0 Å². The number of aliphatic hydroxyl groups is 1. The average Bonchev–Trinajstić information content (AvgIpc) is 3.71. The molecule has 0 saturated heterocycles. The average molecular weight is 527 g/mol. The standard InChI is InChI=1S/C28H29F3N4O3/c1-16(19-5-4-6-20(23(19)29)24(30)31)34-25-21-13-22(27(36)35(2)26(21)33-15-32-25)28(11-12-28)38-14-17-7-9-18(37-3)10-8-17/h4-10,13,15-16,24,27,36H,11-12,14H2,1-3H3,(H,32,33,34)/t16-,27?/m1/s1. The molecule has 5 rings (SSSR count). The number of nitrogens with one attached hydrogen (secondary N) is 1. The molecular formula is C28H29F3N4O3. The molecule has 0 radical (unpaired) electrons. The lowest BCUT2D eigenvalue weighted by atomic mass is 9.97. The first kappa shape index (κ1) is 26.0. The molecule has 2 aromatic carbocycles. The maximum atomic E-state index is 14.8. The van der Waals surface area contributed by atoms with Crippen LogP contribution in [0.3, 0.4) is 0 Å². The summed E-state index contributed by atoms with van der Waals surface area (Å²) in [6.45, 7) is 2.03. The Morgan fingerprint density at radius 1 is 1.13 bits per heavy atom. The lowest BCUT2D eigenvalue weighted by Gasteiger charge is -2.36. The molecule has 2 atom stereocenters. The molecule has 1 aromatic heterocycles. The maximum absolute atomic E-state index is 14.8. The van der Waals surface area contributed by atoms with Gasteiger partial charge in [-0.1, -0.05) is 30.3 Å². The fraction of sp³-hybridized carbons (Fsp3) is 0.357. The van der Waals surface area contributed by atoms with Crippen LogP contribution in [-0.2, 0) is 11.3 Å². The third kappa shape index (κ3) is 4.81. The van der Waals surface area contributed by atoms with E-state index in [9.17, 15) is 18.3 Å². The number of likely N-dealkylation sites (N-methyl/N-ethyl adjacent to an activating group) is 1. The predicted octanol–water partition coefficient (Wildman–Crippen LogP) is 5.64. The summed E-state index contributed by atoms with van der Waals surface area (Å²) in [5, 5.41) is 14.3. The Kier molecular flexibility index (Phi) is 7.02. The summed E-state index contributed by atoms with van der Waals surface area (Å²) >= 11 is 0. The van der Waals surface area contributed by atoms with E-state index >= 15 is 0 Å². The van der Waals surface area contributed by atoms with E-state index in [-0.39, 0.29) is 5.56 Å². The molecule has 1 unspecified atom stereocenters. The van der Waals surface area contributed by atoms with Gasteiger partial charge in [-0.05, 0) is 43.5 Å². The van der Waals surface area contributed by atoms with Crippen molar-refractivity contribution in [1.82, 2.24) is 9.97 Å². The van der Waals surface area contributed by atoms with E-state index < -0.39 is 35.7 Å². The molecule has 2 heterocycles. The van der Waals surface area contributed by atoms with Crippen molar-refractivity contribution in [2.24, 2.45) is 0 Å². The molecule has 2 aliphatic rings. The lowest BCUT2D eigenvalue weighted by Crippen LogP contribution is -2.41. The number of anilines is 2. The predicted molar refractivity (Wildman–Crippen MR) is 138 cm³/mol. The highest BCUT2D eigenvalue weighted by molar-refractivity contribution is 5.80. The van der Waals surface area contributed by atoms with Gasteiger partial charge in [0.15, 0.2) is 6.23 Å². The Morgan fingerprint density at radius 2 is 1.84 bits per heavy atom. The number of nitrogens with zero attached hydrogens (tertiary/aromatic N) is 3. The summed E-state index contributed by atoms with van der Waals surface area (Å²) in [5.74, 6) is 0.692. The van der Waals surface area contributed by atoms with Crippen molar-refractivity contribution in [3.63, 3.8) is 0 Å². The number of rotatable bonds is 9. The minimum Gasteiger partial charge on any atom is -0.497 e. The molecule has 3 aromatic rings. The van der Waals surface area contributed by atoms with E-state index in [0.717, 1.165) is 30.2 Å². The first-order valence-corrected chi connectivity index (χ1v) is 12.3. The van der Waals surface area contributed by atoms with Crippen LogP contribution in [0.2, 0.25) is 0 Å². The summed E-state index contributed by atoms with van der Waals surface area (Å²) in [7, 11) is 3.34. The molecule has 1 saturated carbocycles. The second kappa shape index (κ2) is 10.3. The fourth-order valence-corrected chi connectivity index (χ4v) is 4.76. The van der Waals surface area contributed by atoms with Gasteiger partial charge in [0.05, 0.1) is 36.5 Å². The van der Waals surface area contributed by atoms with Crippen molar-refractivity contribution in [2.45, 2.75) is 50.7 Å². The molecule has 200 valence electrons. The highest BCUT2D eigenvalue weighted by Gasteiger charge is 2.52. The van der Waals surface area contributed by atoms with Crippen molar-refractivity contribution < 1.29 is 27.8 Å². The van der Waals surface area contributed by atoms with Gasteiger partial charge in [-0.15, -0.1) is 0 Å². The van der Waals surface area contributed by atoms with E-state index in [4.69, 9.17) is 9.47 Å². The van der Waals surface area contributed by atoms with Crippen LogP contribution in [0.1, 0.15) is 54.5 Å². The van der Waals surface area contributed by atoms with Gasteiger partial charge in [0, 0.05) is 18.2 Å². The van der Waals surface area contributed by atoms with Crippen LogP contribution in [0.25, 0.3) is 6.08 Å². The number of hydrogen-bond donors (Lipinski definition) is 2. The van der Waals surface area contributed by atoms with Crippen LogP contribution in [-0.4, -0.2) is 41.1 Å². The SMILES string of the molecule is COc1ccc(COC2(C3=Cc4c(N[C@H](C)c5cccc(C(F)F)c5F)ncnc4N(C)C3O)CC2)cc1. The van der Waals surface area contributed by atoms with E-state index in [0.29, 0.717) is 29.4 Å². The minimum atomic E-state index is -2.91. The number of fused-ring (bicyclic) bond motifs is 1. The van der Waals surface area contributed by atoms with Crippen molar-refractivity contribution in [3.05, 3.63) is 82.4 Å². The van der Waals surface area contributed by atoms with Crippen molar-refractivity contribution in [2.75, 3.05) is 24.4 Å². The van der Waals surface area contributed by atoms with E-state index in [1.807, 2.05) is 30.3 Å². The molecule has 1 aliphatic heterocycles. The summed E-state index contributed by atoms with van der Waals surface area (Å²) in [4.78, 5) is 10.3. The zero-order valence-corrected chi connectivity index (χ0v) is 21.3. The molecule has 1 aliphatic carbocycles. The van der Waals surface area contributed by atoms with Crippen LogP contribution < -0.4 is 15.0 Å². The highest BCUT2D eigenvalue weighted by Crippen LogP contribution is 2.51. The van der Waals surface area contributed by atoms with Gasteiger partial charge < -0.3 is 24.8 Å². The second-order valence-electron chi connectivity index (χ2n) is 9.59. The van der Waals surface area contributed by atoms with Crippen LogP contribution in [0.5, 0.6) is 5.75 Å². The van der Waals surface area contributed by atoms with E-state index in [2.05, 4.69) is 15.3 Å². The first-order valence-electron chi connectivity index (χ1n) is 12.3. The molecule has 0 amide bonds. The minimum absolute atomic E-state index is 0.102. The van der Waals surface area contributed by atoms with Crippen LogP contribution in [0, 0.1) is 5.82 Å². The van der Waals surface area contributed by atoms with E-state index in [1.54, 1.807) is 26.0 Å². The Hall–Kier alpha value is -3.63. The molecule has 7 nitrogen and oxygen atoms in total. The summed E-state index contributed by atoms with van der Waals surface area (Å²) < 4.78 is 52.8. The summed E-state index contributed by atoms with van der Waals surface area (Å²) in [5.41, 5.74) is 1.08. The number of hydrogen-bond acceptors (Lipinski definition) is 7. The monoisotopic (exact) mass is 526 g/mol. The third-order valence-corrected chi connectivity index (χ3v) is 7.16. The van der Waals surface area contributed by atoms with Gasteiger partial charge in [0.1, 0.15) is 29.5 Å². The highest BCUT2D eigenvalue weighted by atomic mass is 19.3. The number of methoxy groups -OCH3 is 1. The summed E-state index contributed by atoms with van der Waals surface area (Å²) in [6.07, 6.45) is 0.779. The molecule has 10 heteroatoms. The van der Waals surface area contributed by atoms with Gasteiger partial charge in [0.2, 0.25) is 0 Å². The third-order valence-electron chi connectivity index (χ3n) is 7.16. The second-order valence-corrected chi connectivity index (χ2v) is 9.59. The number of aromatic nitrogens is 2. The van der Waals surface area contributed by atoms with Gasteiger partial charge in [-0.3, -0.25) is 0 Å². The van der Waals surface area contributed by atoms with Crippen LogP contribution in [0.15, 0.2) is 54.4 Å². The molecule has 1 fully saturated rings. The normalized spacial score (nSPS) is 18.6. The quantitative estimate of drug-likeness (QED) is 0.374. The molecule has 0 spiro atoms. The van der Waals surface area contributed by atoms with Crippen molar-refractivity contribution >= 4 is 17.7 Å². The Labute approximate surface area is 218 Å². The number of ether oxygens (including phenoxy) is 2. The number of alkyl halides is 2. The van der Waals surface area contributed by atoms with Gasteiger partial charge in [-0.25, -0.2) is 23.1 Å². The van der Waals surface area contributed by atoms with E-state index in [1.165, 1.54) is 18.5 Å². The zero-order valence-electron chi connectivity index (χ0n) is 21.3. The fourth-order valence-electron chi connectivity index (χ4n) is 4.76. The number of aliphatic hydroxyl groups excluding tert-OH is 1. The van der Waals surface area contributed by atoms with Crippen molar-refractivity contribution in [3.8, 4) is 5.75 Å². The zero-order chi connectivity index (χ0) is 27.0. The largest absolute Gasteiger partial charge is 0.497 e. The molecule has 38 heavy (non-hydrogen) atoms. The summed E-state index contributed by atoms with van der Waals surface area (Å²) in [6, 6.07) is 10.9. The lowest BCUT2D eigenvalue weighted by molar-refractivity contribution is 0.0284. The van der Waals surface area contributed by atoms with Gasteiger partial charge >= 0.3 is 0 Å². The molecular weight excluding hydrogens is 497 g/mol. The topological polar surface area (TPSA) is 79.7 Å². The molecule has 0 bridgehead atoms. The maximum Gasteiger partial charge on any atom is 0.266 e. The van der Waals surface area contributed by atoms with Gasteiger partial charge in [0.25, 0.3) is 6.43 Å². The molecule has 2 N–H and O–H groups in total. The first-order chi connectivity index (χ1) is 18.2. The van der Waals surface area contributed by atoms with Crippen molar-refractivity contribution in [1.29, 1.82) is 0 Å².